The molecule has 6 nitrogen and oxygen atoms in total. The summed E-state index contributed by atoms with van der Waals surface area (Å²) >= 11 is 0. The van der Waals surface area contributed by atoms with Crippen molar-refractivity contribution in [3.8, 4) is 0 Å². The highest BCUT2D eigenvalue weighted by Gasteiger charge is 2.23. The highest BCUT2D eigenvalue weighted by atomic mass is 16.6. The molecule has 1 heterocycles. The van der Waals surface area contributed by atoms with Crippen LogP contribution in [0.25, 0.3) is 0 Å². The molecule has 0 aliphatic heterocycles. The number of H-pyrrole nitrogens is 1. The molecule has 0 aliphatic carbocycles. The van der Waals surface area contributed by atoms with Crippen LogP contribution in [0.1, 0.15) is 53.3 Å². The second-order valence-corrected chi connectivity index (χ2v) is 6.63. The van der Waals surface area contributed by atoms with Crippen molar-refractivity contribution >= 4 is 6.09 Å². The van der Waals surface area contributed by atoms with Crippen LogP contribution < -0.4 is 5.32 Å². The normalized spacial score (nSPS) is 13.9. The maximum absolute atomic E-state index is 11.9. The van der Waals surface area contributed by atoms with Crippen molar-refractivity contribution in [3.63, 3.8) is 0 Å². The van der Waals surface area contributed by atoms with Crippen molar-refractivity contribution in [1.82, 2.24) is 15.5 Å². The van der Waals surface area contributed by atoms with Gasteiger partial charge in [0.15, 0.2) is 0 Å². The lowest BCUT2D eigenvalue weighted by Crippen LogP contribution is -2.38. The molecule has 0 bridgehead atoms. The summed E-state index contributed by atoms with van der Waals surface area (Å²) in [4.78, 5) is 11.9. The number of rotatable bonds is 4. The molecule has 0 saturated heterocycles. The first kappa shape index (κ1) is 16.5. The second kappa shape index (κ2) is 6.26. The molecular formula is C14H25N3O3. The molecule has 1 rings (SSSR count). The van der Waals surface area contributed by atoms with Crippen LogP contribution in [-0.4, -0.2) is 34.1 Å². The fraction of sp³-hybridized carbons (Fsp3) is 0.714. The van der Waals surface area contributed by atoms with E-state index in [1.165, 1.54) is 0 Å². The number of carbonyl (C=O) groups is 1. The summed E-state index contributed by atoms with van der Waals surface area (Å²) in [5, 5.41) is 9.53. The summed E-state index contributed by atoms with van der Waals surface area (Å²) in [5.74, 6) is 0. The average molecular weight is 283 g/mol. The van der Waals surface area contributed by atoms with Crippen molar-refractivity contribution in [1.29, 1.82) is 0 Å². The molecule has 1 atom stereocenters. The van der Waals surface area contributed by atoms with E-state index in [1.54, 1.807) is 12.3 Å². The third-order valence-electron chi connectivity index (χ3n) is 2.27. The van der Waals surface area contributed by atoms with Gasteiger partial charge in [-0.15, -0.1) is 0 Å². The Bertz CT molecular complexity index is 416. The van der Waals surface area contributed by atoms with E-state index in [0.29, 0.717) is 6.61 Å². The Balaban J connectivity index is 2.67. The third kappa shape index (κ3) is 6.56. The highest BCUT2D eigenvalue weighted by Crippen LogP contribution is 2.16. The quantitative estimate of drug-likeness (QED) is 0.891. The van der Waals surface area contributed by atoms with Gasteiger partial charge in [-0.25, -0.2) is 4.79 Å². The number of hydrogen-bond acceptors (Lipinski definition) is 4. The molecule has 0 spiro atoms. The predicted octanol–water partition coefficient (Wildman–Crippen LogP) is 2.79. The Morgan fingerprint density at radius 3 is 2.40 bits per heavy atom. The Morgan fingerprint density at radius 1 is 1.30 bits per heavy atom. The molecule has 0 radical (unpaired) electrons. The fourth-order valence-electron chi connectivity index (χ4n) is 1.45. The van der Waals surface area contributed by atoms with Gasteiger partial charge in [-0.2, -0.15) is 5.10 Å². The van der Waals surface area contributed by atoms with E-state index in [4.69, 9.17) is 9.47 Å². The number of ether oxygens (including phenoxy) is 2. The molecule has 1 amide bonds. The van der Waals surface area contributed by atoms with Crippen LogP contribution in [0, 0.1) is 0 Å². The van der Waals surface area contributed by atoms with Gasteiger partial charge in [0.1, 0.15) is 5.60 Å². The van der Waals surface area contributed by atoms with Gasteiger partial charge in [0.2, 0.25) is 0 Å². The van der Waals surface area contributed by atoms with Gasteiger partial charge in [0, 0.05) is 6.20 Å². The zero-order chi connectivity index (χ0) is 15.4. The minimum Gasteiger partial charge on any atom is -0.444 e. The maximum Gasteiger partial charge on any atom is 0.408 e. The van der Waals surface area contributed by atoms with E-state index in [1.807, 2.05) is 41.5 Å². The van der Waals surface area contributed by atoms with Gasteiger partial charge in [0.05, 0.1) is 23.9 Å². The Morgan fingerprint density at radius 2 is 1.95 bits per heavy atom. The van der Waals surface area contributed by atoms with E-state index in [-0.39, 0.29) is 11.6 Å². The SMILES string of the molecule is CC(C)(C)OC[C@H](NC(=O)OC(C)(C)C)c1ccn[nH]1. The second-order valence-electron chi connectivity index (χ2n) is 6.63. The van der Waals surface area contributed by atoms with Gasteiger partial charge in [-0.05, 0) is 47.6 Å². The van der Waals surface area contributed by atoms with Gasteiger partial charge < -0.3 is 14.8 Å². The van der Waals surface area contributed by atoms with Crippen LogP contribution in [-0.2, 0) is 9.47 Å². The molecule has 6 heteroatoms. The van der Waals surface area contributed by atoms with E-state index in [2.05, 4.69) is 15.5 Å². The number of nitrogens with zero attached hydrogens (tertiary/aromatic N) is 1. The Kier molecular flexibility index (Phi) is 5.16. The zero-order valence-corrected chi connectivity index (χ0v) is 13.1. The number of alkyl carbamates (subject to hydrolysis) is 1. The van der Waals surface area contributed by atoms with E-state index in [9.17, 15) is 4.79 Å². The van der Waals surface area contributed by atoms with Gasteiger partial charge in [0.25, 0.3) is 0 Å². The van der Waals surface area contributed by atoms with Crippen LogP contribution in [0.15, 0.2) is 12.3 Å². The third-order valence-corrected chi connectivity index (χ3v) is 2.27. The van der Waals surface area contributed by atoms with Crippen LogP contribution in [0.3, 0.4) is 0 Å². The molecular weight excluding hydrogens is 258 g/mol. The molecule has 0 aromatic carbocycles. The molecule has 1 aromatic heterocycles. The van der Waals surface area contributed by atoms with Gasteiger partial charge in [-0.1, -0.05) is 0 Å². The molecule has 0 unspecified atom stereocenters. The molecule has 0 aliphatic rings. The number of amides is 1. The smallest absolute Gasteiger partial charge is 0.408 e. The molecule has 2 N–H and O–H groups in total. The number of aromatic nitrogens is 2. The number of carbonyl (C=O) groups excluding carboxylic acids is 1. The molecule has 1 aromatic rings. The minimum atomic E-state index is -0.534. The van der Waals surface area contributed by atoms with Crippen LogP contribution >= 0.6 is 0 Å². The van der Waals surface area contributed by atoms with E-state index < -0.39 is 11.7 Å². The average Bonchev–Trinajstić information content (AvgIpc) is 2.73. The van der Waals surface area contributed by atoms with Crippen LogP contribution in [0.4, 0.5) is 4.79 Å². The van der Waals surface area contributed by atoms with Gasteiger partial charge in [-0.3, -0.25) is 5.10 Å². The van der Waals surface area contributed by atoms with Crippen molar-refractivity contribution in [2.24, 2.45) is 0 Å². The highest BCUT2D eigenvalue weighted by molar-refractivity contribution is 5.68. The van der Waals surface area contributed by atoms with E-state index >= 15 is 0 Å². The summed E-state index contributed by atoms with van der Waals surface area (Å²) in [6, 6.07) is 1.47. The van der Waals surface area contributed by atoms with Crippen molar-refractivity contribution < 1.29 is 14.3 Å². The van der Waals surface area contributed by atoms with Crippen molar-refractivity contribution in [2.45, 2.75) is 58.8 Å². The predicted molar refractivity (Wildman–Crippen MR) is 76.4 cm³/mol. The minimum absolute atomic E-state index is 0.284. The topological polar surface area (TPSA) is 76.2 Å². The van der Waals surface area contributed by atoms with E-state index in [0.717, 1.165) is 5.69 Å². The number of hydrogen-bond donors (Lipinski definition) is 2. The summed E-state index contributed by atoms with van der Waals surface area (Å²) in [6.45, 7) is 11.7. The Hall–Kier alpha value is -1.56. The lowest BCUT2D eigenvalue weighted by Gasteiger charge is -2.26. The standard InChI is InChI=1S/C14H25N3O3/c1-13(2,3)19-9-11(10-7-8-15-17-10)16-12(18)20-14(4,5)6/h7-8,11H,9H2,1-6H3,(H,15,17)(H,16,18)/t11-/m0/s1. The van der Waals surface area contributed by atoms with Crippen molar-refractivity contribution in [2.75, 3.05) is 6.61 Å². The monoisotopic (exact) mass is 283 g/mol. The first-order valence-corrected chi connectivity index (χ1v) is 6.69. The zero-order valence-electron chi connectivity index (χ0n) is 13.1. The fourth-order valence-corrected chi connectivity index (χ4v) is 1.45. The van der Waals surface area contributed by atoms with Gasteiger partial charge >= 0.3 is 6.09 Å². The summed E-state index contributed by atoms with van der Waals surface area (Å²) < 4.78 is 11.0. The summed E-state index contributed by atoms with van der Waals surface area (Å²) in [5.41, 5.74) is -0.0402. The summed E-state index contributed by atoms with van der Waals surface area (Å²) in [6.07, 6.45) is 1.16. The van der Waals surface area contributed by atoms with Crippen molar-refractivity contribution in [3.05, 3.63) is 18.0 Å². The van der Waals surface area contributed by atoms with Crippen LogP contribution in [0.5, 0.6) is 0 Å². The first-order chi connectivity index (χ1) is 9.07. The first-order valence-electron chi connectivity index (χ1n) is 6.69. The molecule has 0 fully saturated rings. The maximum atomic E-state index is 11.9. The molecule has 114 valence electrons. The lowest BCUT2D eigenvalue weighted by atomic mass is 10.1. The largest absolute Gasteiger partial charge is 0.444 e. The molecule has 0 saturated carbocycles. The summed E-state index contributed by atoms with van der Waals surface area (Å²) in [7, 11) is 0. The number of nitrogens with one attached hydrogen (secondary N) is 2. The van der Waals surface area contributed by atoms with Crippen LogP contribution in [0.2, 0.25) is 0 Å². The lowest BCUT2D eigenvalue weighted by molar-refractivity contribution is -0.0180. The molecule has 20 heavy (non-hydrogen) atoms. The number of aromatic amines is 1. The Labute approximate surface area is 120 Å².